The Morgan fingerprint density at radius 2 is 1.82 bits per heavy atom. The number of benzene rings is 2. The van der Waals surface area contributed by atoms with Crippen LogP contribution in [0.3, 0.4) is 0 Å². The highest BCUT2D eigenvalue weighted by Crippen LogP contribution is 2.20. The lowest BCUT2D eigenvalue weighted by atomic mass is 10.1. The van der Waals surface area contributed by atoms with Crippen LogP contribution in [0.15, 0.2) is 60.8 Å². The van der Waals surface area contributed by atoms with E-state index in [1.54, 1.807) is 0 Å². The van der Waals surface area contributed by atoms with Gasteiger partial charge in [-0.1, -0.05) is 36.7 Å². The first-order chi connectivity index (χ1) is 13.5. The zero-order valence-corrected chi connectivity index (χ0v) is 15.8. The average molecular weight is 398 g/mol. The number of hydrogen-bond donors (Lipinski definition) is 2. The number of aryl methyl sites for hydroxylation is 1. The van der Waals surface area contributed by atoms with Crippen LogP contribution < -0.4 is 10.6 Å². The van der Waals surface area contributed by atoms with Gasteiger partial charge in [-0.15, -0.1) is 0 Å². The second-order valence-corrected chi connectivity index (χ2v) is 6.38. The van der Waals surface area contributed by atoms with E-state index in [1.165, 1.54) is 30.5 Å². The van der Waals surface area contributed by atoms with Crippen LogP contribution in [0.1, 0.15) is 33.3 Å². The third-order valence-corrected chi connectivity index (χ3v) is 4.37. The van der Waals surface area contributed by atoms with E-state index >= 15 is 0 Å². The van der Waals surface area contributed by atoms with Crippen LogP contribution >= 0.6 is 11.6 Å². The summed E-state index contributed by atoms with van der Waals surface area (Å²) in [7, 11) is 0. The SMILES string of the molecule is CCc1ccccc1NC(=O)c1cc(C(=O)Nc2ccc(F)c(Cl)c2)ccn1. The smallest absolute Gasteiger partial charge is 0.274 e. The molecule has 0 saturated carbocycles. The molecule has 0 bridgehead atoms. The van der Waals surface area contributed by atoms with Crippen molar-refractivity contribution in [2.24, 2.45) is 0 Å². The van der Waals surface area contributed by atoms with Gasteiger partial charge in [0.2, 0.25) is 0 Å². The van der Waals surface area contributed by atoms with Gasteiger partial charge in [0.25, 0.3) is 11.8 Å². The summed E-state index contributed by atoms with van der Waals surface area (Å²) in [6.07, 6.45) is 2.15. The molecule has 28 heavy (non-hydrogen) atoms. The number of rotatable bonds is 5. The molecular weight excluding hydrogens is 381 g/mol. The Kier molecular flexibility index (Phi) is 6.01. The maximum atomic E-state index is 13.2. The summed E-state index contributed by atoms with van der Waals surface area (Å²) in [5, 5.41) is 5.33. The molecule has 2 aromatic carbocycles. The van der Waals surface area contributed by atoms with Gasteiger partial charge in [0.05, 0.1) is 5.02 Å². The number of aromatic nitrogens is 1. The van der Waals surface area contributed by atoms with Gasteiger partial charge in [-0.3, -0.25) is 14.6 Å². The van der Waals surface area contributed by atoms with Gasteiger partial charge in [0.15, 0.2) is 0 Å². The van der Waals surface area contributed by atoms with Crippen molar-refractivity contribution >= 4 is 34.8 Å². The Morgan fingerprint density at radius 1 is 1.04 bits per heavy atom. The summed E-state index contributed by atoms with van der Waals surface area (Å²) in [6, 6.07) is 14.2. The molecule has 0 atom stereocenters. The van der Waals surface area contributed by atoms with E-state index in [9.17, 15) is 14.0 Å². The van der Waals surface area contributed by atoms with Crippen molar-refractivity contribution in [3.63, 3.8) is 0 Å². The number of carbonyl (C=O) groups is 2. The van der Waals surface area contributed by atoms with Crippen molar-refractivity contribution in [2.75, 3.05) is 10.6 Å². The quantitative estimate of drug-likeness (QED) is 0.640. The van der Waals surface area contributed by atoms with Crippen LogP contribution in [0, 0.1) is 5.82 Å². The molecule has 0 unspecified atom stereocenters. The van der Waals surface area contributed by atoms with Gasteiger partial charge in [0, 0.05) is 23.1 Å². The molecule has 7 heteroatoms. The molecule has 2 amide bonds. The van der Waals surface area contributed by atoms with Gasteiger partial charge in [-0.25, -0.2) is 4.39 Å². The third-order valence-electron chi connectivity index (χ3n) is 4.08. The third kappa shape index (κ3) is 4.53. The number of nitrogens with zero attached hydrogens (tertiary/aromatic N) is 1. The van der Waals surface area contributed by atoms with Crippen LogP contribution in [-0.4, -0.2) is 16.8 Å². The maximum absolute atomic E-state index is 13.2. The van der Waals surface area contributed by atoms with Crippen molar-refractivity contribution < 1.29 is 14.0 Å². The number of anilines is 2. The van der Waals surface area contributed by atoms with Crippen molar-refractivity contribution in [2.45, 2.75) is 13.3 Å². The van der Waals surface area contributed by atoms with Crippen molar-refractivity contribution in [3.8, 4) is 0 Å². The molecule has 1 heterocycles. The second-order valence-electron chi connectivity index (χ2n) is 5.98. The molecule has 0 saturated heterocycles. The van der Waals surface area contributed by atoms with E-state index < -0.39 is 17.6 Å². The van der Waals surface area contributed by atoms with Crippen molar-refractivity contribution in [3.05, 3.63) is 88.5 Å². The minimum atomic E-state index is -0.574. The maximum Gasteiger partial charge on any atom is 0.274 e. The molecule has 0 fully saturated rings. The molecule has 1 aromatic heterocycles. The normalized spacial score (nSPS) is 10.4. The second kappa shape index (κ2) is 8.63. The van der Waals surface area contributed by atoms with Gasteiger partial charge < -0.3 is 10.6 Å². The lowest BCUT2D eigenvalue weighted by Gasteiger charge is -2.10. The number of amides is 2. The van der Waals surface area contributed by atoms with Crippen molar-refractivity contribution in [1.29, 1.82) is 0 Å². The fourth-order valence-electron chi connectivity index (χ4n) is 2.61. The summed E-state index contributed by atoms with van der Waals surface area (Å²) in [6.45, 7) is 2.00. The number of hydrogen-bond acceptors (Lipinski definition) is 3. The average Bonchev–Trinajstić information content (AvgIpc) is 2.71. The summed E-state index contributed by atoms with van der Waals surface area (Å²) >= 11 is 5.72. The first-order valence-corrected chi connectivity index (χ1v) is 8.97. The highest BCUT2D eigenvalue weighted by Gasteiger charge is 2.14. The standard InChI is InChI=1S/C21H17ClFN3O2/c1-2-13-5-3-4-6-18(13)26-21(28)19-11-14(9-10-24-19)20(27)25-15-7-8-17(23)16(22)12-15/h3-12H,2H2,1H3,(H,25,27)(H,26,28). The molecule has 142 valence electrons. The fraction of sp³-hybridized carbons (Fsp3) is 0.0952. The Labute approximate surface area is 166 Å². The molecule has 2 N–H and O–H groups in total. The summed E-state index contributed by atoms with van der Waals surface area (Å²) in [4.78, 5) is 29.0. The molecule has 0 aliphatic heterocycles. The van der Waals surface area contributed by atoms with Crippen molar-refractivity contribution in [1.82, 2.24) is 4.98 Å². The minimum absolute atomic E-state index is 0.0952. The number of halogens is 2. The van der Waals surface area contributed by atoms with Crippen LogP contribution in [0.2, 0.25) is 5.02 Å². The monoisotopic (exact) mass is 397 g/mol. The van der Waals surface area contributed by atoms with E-state index in [-0.39, 0.29) is 16.3 Å². The summed E-state index contributed by atoms with van der Waals surface area (Å²) < 4.78 is 13.2. The Hall–Kier alpha value is -3.25. The lowest BCUT2D eigenvalue weighted by Crippen LogP contribution is -2.17. The Bertz CT molecular complexity index is 1040. The lowest BCUT2D eigenvalue weighted by molar-refractivity contribution is 0.102. The van der Waals surface area contributed by atoms with E-state index in [0.717, 1.165) is 18.1 Å². The molecular formula is C21H17ClFN3O2. The summed E-state index contributed by atoms with van der Waals surface area (Å²) in [5.74, 6) is -1.46. The highest BCUT2D eigenvalue weighted by molar-refractivity contribution is 6.31. The molecule has 3 rings (SSSR count). The molecule has 5 nitrogen and oxygen atoms in total. The predicted molar refractivity (Wildman–Crippen MR) is 107 cm³/mol. The largest absolute Gasteiger partial charge is 0.322 e. The predicted octanol–water partition coefficient (Wildman–Crippen LogP) is 4.94. The van der Waals surface area contributed by atoms with Gasteiger partial charge in [-0.2, -0.15) is 0 Å². The molecule has 0 aliphatic carbocycles. The number of pyridine rings is 1. The minimum Gasteiger partial charge on any atom is -0.322 e. The Morgan fingerprint density at radius 3 is 2.57 bits per heavy atom. The van der Waals surface area contributed by atoms with Gasteiger partial charge >= 0.3 is 0 Å². The zero-order valence-electron chi connectivity index (χ0n) is 15.0. The number of carbonyl (C=O) groups excluding carboxylic acids is 2. The van der Waals surface area contributed by atoms with Gasteiger partial charge in [-0.05, 0) is 48.4 Å². The first kappa shape index (κ1) is 19.5. The molecule has 3 aromatic rings. The molecule has 0 radical (unpaired) electrons. The highest BCUT2D eigenvalue weighted by atomic mass is 35.5. The molecule has 0 aliphatic rings. The van der Waals surface area contributed by atoms with Crippen LogP contribution in [0.5, 0.6) is 0 Å². The van der Waals surface area contributed by atoms with Gasteiger partial charge in [0.1, 0.15) is 11.5 Å². The fourth-order valence-corrected chi connectivity index (χ4v) is 2.79. The molecule has 0 spiro atoms. The number of nitrogens with one attached hydrogen (secondary N) is 2. The Balaban J connectivity index is 1.76. The van der Waals surface area contributed by atoms with E-state index in [2.05, 4.69) is 15.6 Å². The topological polar surface area (TPSA) is 71.1 Å². The summed E-state index contributed by atoms with van der Waals surface area (Å²) in [5.41, 5.74) is 2.39. The first-order valence-electron chi connectivity index (χ1n) is 8.59. The van der Waals surface area contributed by atoms with Crippen LogP contribution in [0.25, 0.3) is 0 Å². The van der Waals surface area contributed by atoms with Crippen LogP contribution in [0.4, 0.5) is 15.8 Å². The zero-order chi connectivity index (χ0) is 20.1. The van der Waals surface area contributed by atoms with Crippen LogP contribution in [-0.2, 0) is 6.42 Å². The van der Waals surface area contributed by atoms with E-state index in [4.69, 9.17) is 11.6 Å². The van der Waals surface area contributed by atoms with E-state index in [0.29, 0.717) is 11.4 Å². The number of para-hydroxylation sites is 1. The van der Waals surface area contributed by atoms with E-state index in [1.807, 2.05) is 31.2 Å².